The lowest BCUT2D eigenvalue weighted by Crippen LogP contribution is -2.09. The van der Waals surface area contributed by atoms with E-state index >= 15 is 0 Å². The van der Waals surface area contributed by atoms with Crippen LogP contribution in [0.3, 0.4) is 0 Å². The molecule has 0 spiro atoms. The molecule has 0 aliphatic carbocycles. The van der Waals surface area contributed by atoms with E-state index in [9.17, 15) is 0 Å². The molecule has 1 aromatic heterocycles. The van der Waals surface area contributed by atoms with Gasteiger partial charge in [-0.15, -0.1) is 0 Å². The number of anilines is 2. The van der Waals surface area contributed by atoms with Crippen molar-refractivity contribution in [3.05, 3.63) is 53.7 Å². The molecule has 4 heteroatoms. The fourth-order valence-electron chi connectivity index (χ4n) is 1.77. The Morgan fingerprint density at radius 2 is 2.11 bits per heavy atom. The molecule has 4 nitrogen and oxygen atoms in total. The number of nitrogens with zero attached hydrogens (tertiary/aromatic N) is 3. The Hall–Kier alpha value is -2.54. The monoisotopic (exact) mass is 252 g/mol. The SMILES string of the molecule is CN(C)c1cccc(CNc2ncccc2C#N)c1. The summed E-state index contributed by atoms with van der Waals surface area (Å²) in [5.74, 6) is 0.625. The van der Waals surface area contributed by atoms with Crippen LogP contribution in [0.2, 0.25) is 0 Å². The molecule has 0 aliphatic rings. The van der Waals surface area contributed by atoms with Crippen molar-refractivity contribution in [3.63, 3.8) is 0 Å². The third kappa shape index (κ3) is 3.23. The first kappa shape index (κ1) is 12.9. The zero-order chi connectivity index (χ0) is 13.7. The van der Waals surface area contributed by atoms with Crippen LogP contribution in [0.15, 0.2) is 42.6 Å². The van der Waals surface area contributed by atoms with Gasteiger partial charge in [-0.25, -0.2) is 4.98 Å². The molecule has 0 bridgehead atoms. The highest BCUT2D eigenvalue weighted by atomic mass is 15.1. The highest BCUT2D eigenvalue weighted by molar-refractivity contribution is 5.52. The third-order valence-corrected chi connectivity index (χ3v) is 2.82. The van der Waals surface area contributed by atoms with Crippen LogP contribution in [0.4, 0.5) is 11.5 Å². The van der Waals surface area contributed by atoms with Crippen molar-refractivity contribution in [2.75, 3.05) is 24.3 Å². The number of nitrogens with one attached hydrogen (secondary N) is 1. The number of aromatic nitrogens is 1. The standard InChI is InChI=1S/C15H16N4/c1-19(2)14-7-3-5-12(9-14)11-18-15-13(10-16)6-4-8-17-15/h3-9H,11H2,1-2H3,(H,17,18). The highest BCUT2D eigenvalue weighted by Gasteiger charge is 2.02. The van der Waals surface area contributed by atoms with Gasteiger partial charge in [0.2, 0.25) is 0 Å². The van der Waals surface area contributed by atoms with Gasteiger partial charge in [-0.1, -0.05) is 12.1 Å². The number of nitriles is 1. The molecule has 0 aliphatic heterocycles. The normalized spacial score (nSPS) is 9.74. The summed E-state index contributed by atoms with van der Waals surface area (Å²) in [4.78, 5) is 6.24. The highest BCUT2D eigenvalue weighted by Crippen LogP contribution is 2.15. The topological polar surface area (TPSA) is 52.0 Å². The second kappa shape index (κ2) is 5.87. The first-order valence-corrected chi connectivity index (χ1v) is 6.06. The molecular formula is C15H16N4. The fraction of sp³-hybridized carbons (Fsp3) is 0.200. The molecule has 0 unspecified atom stereocenters. The van der Waals surface area contributed by atoms with Gasteiger partial charge in [0.1, 0.15) is 11.9 Å². The first-order chi connectivity index (χ1) is 9.20. The van der Waals surface area contributed by atoms with Crippen molar-refractivity contribution >= 4 is 11.5 Å². The van der Waals surface area contributed by atoms with Crippen LogP contribution in [0, 0.1) is 11.3 Å². The Balaban J connectivity index is 2.11. The quantitative estimate of drug-likeness (QED) is 0.908. The average Bonchev–Trinajstić information content (AvgIpc) is 2.45. The van der Waals surface area contributed by atoms with E-state index < -0.39 is 0 Å². The van der Waals surface area contributed by atoms with E-state index in [0.717, 1.165) is 11.3 Å². The van der Waals surface area contributed by atoms with E-state index in [1.165, 1.54) is 0 Å². The lowest BCUT2D eigenvalue weighted by molar-refractivity contribution is 1.08. The van der Waals surface area contributed by atoms with Crippen molar-refractivity contribution in [1.29, 1.82) is 5.26 Å². The molecule has 1 heterocycles. The van der Waals surface area contributed by atoms with Crippen LogP contribution in [-0.2, 0) is 6.54 Å². The summed E-state index contributed by atoms with van der Waals surface area (Å²) in [6, 6.07) is 13.9. The van der Waals surface area contributed by atoms with Crippen LogP contribution in [0.25, 0.3) is 0 Å². The van der Waals surface area contributed by atoms with E-state index in [4.69, 9.17) is 5.26 Å². The zero-order valence-corrected chi connectivity index (χ0v) is 11.1. The minimum Gasteiger partial charge on any atom is -0.378 e. The van der Waals surface area contributed by atoms with E-state index in [1.54, 1.807) is 18.3 Å². The molecule has 1 N–H and O–H groups in total. The molecule has 0 saturated carbocycles. The second-order valence-electron chi connectivity index (χ2n) is 4.43. The smallest absolute Gasteiger partial charge is 0.144 e. The molecule has 2 aromatic rings. The molecule has 2 rings (SSSR count). The van der Waals surface area contributed by atoms with Crippen LogP contribution in [0.1, 0.15) is 11.1 Å². The number of hydrogen-bond acceptors (Lipinski definition) is 4. The molecule has 0 amide bonds. The minimum absolute atomic E-state index is 0.561. The van der Waals surface area contributed by atoms with Crippen LogP contribution in [-0.4, -0.2) is 19.1 Å². The van der Waals surface area contributed by atoms with E-state index in [0.29, 0.717) is 17.9 Å². The van der Waals surface area contributed by atoms with Crippen LogP contribution >= 0.6 is 0 Å². The molecule has 0 atom stereocenters. The van der Waals surface area contributed by atoms with Gasteiger partial charge in [0, 0.05) is 32.5 Å². The van der Waals surface area contributed by atoms with Gasteiger partial charge in [-0.05, 0) is 29.8 Å². The second-order valence-corrected chi connectivity index (χ2v) is 4.43. The van der Waals surface area contributed by atoms with Gasteiger partial charge in [-0.3, -0.25) is 0 Å². The molecule has 19 heavy (non-hydrogen) atoms. The number of rotatable bonds is 4. The summed E-state index contributed by atoms with van der Waals surface area (Å²) in [6.45, 7) is 0.646. The molecule has 0 saturated heterocycles. The van der Waals surface area contributed by atoms with Crippen molar-refractivity contribution in [2.45, 2.75) is 6.54 Å². The maximum absolute atomic E-state index is 9.00. The summed E-state index contributed by atoms with van der Waals surface area (Å²) in [6.07, 6.45) is 1.68. The summed E-state index contributed by atoms with van der Waals surface area (Å²) in [7, 11) is 4.03. The van der Waals surface area contributed by atoms with E-state index in [2.05, 4.69) is 39.5 Å². The van der Waals surface area contributed by atoms with E-state index in [1.807, 2.05) is 20.2 Å². The Morgan fingerprint density at radius 1 is 1.26 bits per heavy atom. The summed E-state index contributed by atoms with van der Waals surface area (Å²) in [5, 5.41) is 12.2. The van der Waals surface area contributed by atoms with Crippen LogP contribution < -0.4 is 10.2 Å². The number of hydrogen-bond donors (Lipinski definition) is 1. The summed E-state index contributed by atoms with van der Waals surface area (Å²) >= 11 is 0. The molecule has 0 fully saturated rings. The van der Waals surface area contributed by atoms with Gasteiger partial charge in [0.25, 0.3) is 0 Å². The molecular weight excluding hydrogens is 236 g/mol. The first-order valence-electron chi connectivity index (χ1n) is 6.06. The third-order valence-electron chi connectivity index (χ3n) is 2.82. The Kier molecular flexibility index (Phi) is 3.99. The van der Waals surface area contributed by atoms with Gasteiger partial charge >= 0.3 is 0 Å². The fourth-order valence-corrected chi connectivity index (χ4v) is 1.77. The van der Waals surface area contributed by atoms with Crippen molar-refractivity contribution < 1.29 is 0 Å². The van der Waals surface area contributed by atoms with Crippen LogP contribution in [0.5, 0.6) is 0 Å². The van der Waals surface area contributed by atoms with Crippen molar-refractivity contribution in [3.8, 4) is 6.07 Å². The predicted molar refractivity (Wildman–Crippen MR) is 77.0 cm³/mol. The predicted octanol–water partition coefficient (Wildman–Crippen LogP) is 2.63. The largest absolute Gasteiger partial charge is 0.378 e. The average molecular weight is 252 g/mol. The van der Waals surface area contributed by atoms with E-state index in [-0.39, 0.29) is 0 Å². The lowest BCUT2D eigenvalue weighted by Gasteiger charge is -2.14. The molecule has 0 radical (unpaired) electrons. The maximum Gasteiger partial charge on any atom is 0.144 e. The number of pyridine rings is 1. The Bertz CT molecular complexity index is 599. The van der Waals surface area contributed by atoms with Gasteiger partial charge in [-0.2, -0.15) is 5.26 Å². The van der Waals surface area contributed by atoms with Gasteiger partial charge in [0.15, 0.2) is 0 Å². The zero-order valence-electron chi connectivity index (χ0n) is 11.1. The van der Waals surface area contributed by atoms with Gasteiger partial charge in [0.05, 0.1) is 5.56 Å². The summed E-state index contributed by atoms with van der Waals surface area (Å²) in [5.41, 5.74) is 2.87. The van der Waals surface area contributed by atoms with Crippen molar-refractivity contribution in [2.24, 2.45) is 0 Å². The summed E-state index contributed by atoms with van der Waals surface area (Å²) < 4.78 is 0. The maximum atomic E-state index is 9.00. The van der Waals surface area contributed by atoms with Gasteiger partial charge < -0.3 is 10.2 Å². The van der Waals surface area contributed by atoms with Crippen molar-refractivity contribution in [1.82, 2.24) is 4.98 Å². The minimum atomic E-state index is 0.561. The molecule has 1 aromatic carbocycles. The Labute approximate surface area is 113 Å². The Morgan fingerprint density at radius 3 is 2.84 bits per heavy atom. The molecule has 96 valence electrons. The lowest BCUT2D eigenvalue weighted by atomic mass is 10.2. The number of benzene rings is 1.